The number of aldehydes is 1. The van der Waals surface area contributed by atoms with Crippen molar-refractivity contribution >= 4 is 6.29 Å². The number of unbranched alkanes of at least 4 members (excludes halogenated alkanes) is 8. The number of hydrogen-bond donors (Lipinski definition) is 0. The molecular formula is C16H30O3. The summed E-state index contributed by atoms with van der Waals surface area (Å²) in [6, 6.07) is 0. The quantitative estimate of drug-likeness (QED) is 0.189. The first-order valence-electron chi connectivity index (χ1n) is 7.69. The number of carbonyl (C=O) groups excluding carboxylic acids is 1. The van der Waals surface area contributed by atoms with Gasteiger partial charge in [0.25, 0.3) is 0 Å². The summed E-state index contributed by atoms with van der Waals surface area (Å²) in [5, 5.41) is 0. The van der Waals surface area contributed by atoms with Crippen molar-refractivity contribution in [2.75, 3.05) is 13.4 Å². The molecule has 0 spiro atoms. The average molecular weight is 270 g/mol. The molecule has 3 nitrogen and oxygen atoms in total. The van der Waals surface area contributed by atoms with Crippen LogP contribution in [0.25, 0.3) is 0 Å². The maximum Gasteiger partial charge on any atom is 0.188 e. The summed E-state index contributed by atoms with van der Waals surface area (Å²) < 4.78 is 10.6. The molecule has 0 fully saturated rings. The van der Waals surface area contributed by atoms with Crippen LogP contribution in [-0.2, 0) is 14.3 Å². The van der Waals surface area contributed by atoms with Gasteiger partial charge in [0.2, 0.25) is 0 Å². The Morgan fingerprint density at radius 1 is 0.895 bits per heavy atom. The van der Waals surface area contributed by atoms with E-state index in [9.17, 15) is 4.79 Å². The van der Waals surface area contributed by atoms with Crippen molar-refractivity contribution in [1.82, 2.24) is 0 Å². The lowest BCUT2D eigenvalue weighted by atomic mass is 10.1. The standard InChI is InChI=1S/C16H30O3/c1-2-3-4-11-14-18-16-19-15-12-9-7-5-6-8-10-13-17/h12-13,15H,2-11,14,16H2,1H3. The van der Waals surface area contributed by atoms with E-state index in [-0.39, 0.29) is 0 Å². The van der Waals surface area contributed by atoms with Crippen LogP contribution in [0.1, 0.15) is 71.1 Å². The molecule has 0 heterocycles. The third-order valence-corrected chi connectivity index (χ3v) is 2.93. The second-order valence-corrected chi connectivity index (χ2v) is 4.78. The third kappa shape index (κ3) is 17.2. The Balaban J connectivity index is 3.03. The van der Waals surface area contributed by atoms with Crippen molar-refractivity contribution in [2.45, 2.75) is 71.1 Å². The summed E-state index contributed by atoms with van der Waals surface area (Å²) in [5.41, 5.74) is 0. The van der Waals surface area contributed by atoms with E-state index in [2.05, 4.69) is 6.92 Å². The molecule has 0 saturated carbocycles. The van der Waals surface area contributed by atoms with Gasteiger partial charge >= 0.3 is 0 Å². The van der Waals surface area contributed by atoms with Crippen molar-refractivity contribution in [3.8, 4) is 0 Å². The maximum absolute atomic E-state index is 10.1. The Bertz CT molecular complexity index is 202. The molecule has 3 heteroatoms. The van der Waals surface area contributed by atoms with Crippen molar-refractivity contribution in [2.24, 2.45) is 0 Å². The maximum atomic E-state index is 10.1. The number of hydrogen-bond acceptors (Lipinski definition) is 3. The minimum atomic E-state index is 0.363. The van der Waals surface area contributed by atoms with E-state index >= 15 is 0 Å². The summed E-state index contributed by atoms with van der Waals surface area (Å²) in [6.45, 7) is 3.36. The molecule has 0 rings (SSSR count). The van der Waals surface area contributed by atoms with Gasteiger partial charge in [-0.3, -0.25) is 0 Å². The highest BCUT2D eigenvalue weighted by Crippen LogP contribution is 2.05. The molecule has 0 aliphatic carbocycles. The predicted molar refractivity (Wildman–Crippen MR) is 79.0 cm³/mol. The molecule has 0 saturated heterocycles. The fraction of sp³-hybridized carbons (Fsp3) is 0.812. The number of carbonyl (C=O) groups is 1. The first-order chi connectivity index (χ1) is 9.41. The summed E-state index contributed by atoms with van der Waals surface area (Å²) in [4.78, 5) is 10.1. The van der Waals surface area contributed by atoms with E-state index in [4.69, 9.17) is 9.47 Å². The molecule has 0 unspecified atom stereocenters. The van der Waals surface area contributed by atoms with Crippen LogP contribution < -0.4 is 0 Å². The highest BCUT2D eigenvalue weighted by atomic mass is 16.7. The molecule has 0 aromatic heterocycles. The zero-order chi connectivity index (χ0) is 14.0. The summed E-state index contributed by atoms with van der Waals surface area (Å²) in [5.74, 6) is 0. The van der Waals surface area contributed by atoms with Gasteiger partial charge < -0.3 is 14.3 Å². The molecular weight excluding hydrogens is 240 g/mol. The van der Waals surface area contributed by atoms with E-state index in [1.165, 1.54) is 25.7 Å². The monoisotopic (exact) mass is 270 g/mol. The van der Waals surface area contributed by atoms with Gasteiger partial charge in [-0.2, -0.15) is 0 Å². The van der Waals surface area contributed by atoms with Gasteiger partial charge in [-0.05, 0) is 31.8 Å². The second kappa shape index (κ2) is 17.2. The lowest BCUT2D eigenvalue weighted by molar-refractivity contribution is -0.107. The fourth-order valence-corrected chi connectivity index (χ4v) is 1.76. The van der Waals surface area contributed by atoms with Crippen LogP contribution in [0.4, 0.5) is 0 Å². The third-order valence-electron chi connectivity index (χ3n) is 2.93. The van der Waals surface area contributed by atoms with Gasteiger partial charge in [0, 0.05) is 6.42 Å². The molecule has 0 radical (unpaired) electrons. The van der Waals surface area contributed by atoms with Gasteiger partial charge in [0.05, 0.1) is 12.9 Å². The van der Waals surface area contributed by atoms with Crippen LogP contribution in [0, 0.1) is 0 Å². The SMILES string of the molecule is CCCCCCOCOC=CCCCCCCC=O. The van der Waals surface area contributed by atoms with E-state index in [1.807, 2.05) is 6.08 Å². The molecule has 112 valence electrons. The normalized spacial score (nSPS) is 11.0. The zero-order valence-corrected chi connectivity index (χ0v) is 12.4. The number of ether oxygens (including phenoxy) is 2. The largest absolute Gasteiger partial charge is 0.475 e. The Kier molecular flexibility index (Phi) is 16.4. The molecule has 19 heavy (non-hydrogen) atoms. The van der Waals surface area contributed by atoms with Crippen molar-refractivity contribution < 1.29 is 14.3 Å². The fourth-order valence-electron chi connectivity index (χ4n) is 1.76. The van der Waals surface area contributed by atoms with Gasteiger partial charge in [-0.25, -0.2) is 0 Å². The van der Waals surface area contributed by atoms with Crippen LogP contribution in [0.2, 0.25) is 0 Å². The smallest absolute Gasteiger partial charge is 0.188 e. The Hall–Kier alpha value is -0.830. The number of rotatable bonds is 15. The Morgan fingerprint density at radius 2 is 1.63 bits per heavy atom. The molecule has 0 aliphatic heterocycles. The van der Waals surface area contributed by atoms with Crippen LogP contribution in [0.3, 0.4) is 0 Å². The lowest BCUT2D eigenvalue weighted by Crippen LogP contribution is -1.97. The van der Waals surface area contributed by atoms with E-state index in [1.54, 1.807) is 6.26 Å². The van der Waals surface area contributed by atoms with Gasteiger partial charge in [-0.15, -0.1) is 0 Å². The second-order valence-electron chi connectivity index (χ2n) is 4.78. The lowest BCUT2D eigenvalue weighted by Gasteiger charge is -2.03. The van der Waals surface area contributed by atoms with E-state index < -0.39 is 0 Å². The Labute approximate surface area is 118 Å². The average Bonchev–Trinajstić information content (AvgIpc) is 2.43. The van der Waals surface area contributed by atoms with Crippen LogP contribution in [-0.4, -0.2) is 19.7 Å². The van der Waals surface area contributed by atoms with E-state index in [0.29, 0.717) is 13.2 Å². The first kappa shape index (κ1) is 18.2. The molecule has 0 aromatic rings. The molecule has 0 amide bonds. The molecule has 0 aromatic carbocycles. The van der Waals surface area contributed by atoms with Gasteiger partial charge in [0.15, 0.2) is 6.79 Å². The van der Waals surface area contributed by atoms with Crippen LogP contribution >= 0.6 is 0 Å². The number of allylic oxidation sites excluding steroid dienone is 1. The first-order valence-corrected chi connectivity index (χ1v) is 7.69. The zero-order valence-electron chi connectivity index (χ0n) is 12.4. The summed E-state index contributed by atoms with van der Waals surface area (Å²) in [6.07, 6.45) is 16.0. The van der Waals surface area contributed by atoms with Crippen LogP contribution in [0.15, 0.2) is 12.3 Å². The summed E-state index contributed by atoms with van der Waals surface area (Å²) in [7, 11) is 0. The predicted octanol–water partition coefficient (Wildman–Crippen LogP) is 4.61. The van der Waals surface area contributed by atoms with Gasteiger partial charge in [0.1, 0.15) is 6.29 Å². The minimum Gasteiger partial charge on any atom is -0.475 e. The minimum absolute atomic E-state index is 0.363. The molecule has 0 atom stereocenters. The molecule has 0 N–H and O–H groups in total. The molecule has 0 aliphatic rings. The summed E-state index contributed by atoms with van der Waals surface area (Å²) >= 11 is 0. The topological polar surface area (TPSA) is 35.5 Å². The van der Waals surface area contributed by atoms with Gasteiger partial charge in [-0.1, -0.05) is 39.0 Å². The van der Waals surface area contributed by atoms with Crippen molar-refractivity contribution in [3.05, 3.63) is 12.3 Å². The highest BCUT2D eigenvalue weighted by molar-refractivity contribution is 5.48. The molecule has 0 bridgehead atoms. The Morgan fingerprint density at radius 3 is 2.37 bits per heavy atom. The van der Waals surface area contributed by atoms with Crippen LogP contribution in [0.5, 0.6) is 0 Å². The highest BCUT2D eigenvalue weighted by Gasteiger charge is 1.89. The van der Waals surface area contributed by atoms with Crippen molar-refractivity contribution in [3.63, 3.8) is 0 Å². The van der Waals surface area contributed by atoms with E-state index in [0.717, 1.165) is 45.0 Å². The van der Waals surface area contributed by atoms with Crippen molar-refractivity contribution in [1.29, 1.82) is 0 Å².